The average Bonchev–Trinajstić information content (AvgIpc) is 2.79. The van der Waals surface area contributed by atoms with E-state index in [2.05, 4.69) is 5.32 Å². The van der Waals surface area contributed by atoms with E-state index in [-0.39, 0.29) is 31.3 Å². The maximum absolute atomic E-state index is 14.6. The molecule has 0 bridgehead atoms. The van der Waals surface area contributed by atoms with Crippen molar-refractivity contribution in [1.82, 2.24) is 20.0 Å². The fraction of sp³-hybridized carbons (Fsp3) is 0.300. The molecule has 0 aliphatic rings. The summed E-state index contributed by atoms with van der Waals surface area (Å²) in [6.45, 7) is -1.22. The summed E-state index contributed by atoms with van der Waals surface area (Å²) < 4.78 is 61.2. The second-order valence-electron chi connectivity index (χ2n) is 7.06. The molecule has 0 radical (unpaired) electrons. The van der Waals surface area contributed by atoms with Gasteiger partial charge in [0.05, 0.1) is 18.0 Å². The van der Waals surface area contributed by atoms with Gasteiger partial charge in [-0.1, -0.05) is 11.6 Å². The number of halogens is 3. The SMILES string of the molecule is CNC(=O)CN(C)CCN(CC(=O)NO)S(=O)(=O)c1cc(F)c(Oc2ccc(Cl)cc2)c(F)c1. The Labute approximate surface area is 200 Å². The lowest BCUT2D eigenvalue weighted by atomic mass is 10.3. The van der Waals surface area contributed by atoms with E-state index in [1.807, 2.05) is 0 Å². The quantitative estimate of drug-likeness (QED) is 0.303. The van der Waals surface area contributed by atoms with Crippen molar-refractivity contribution in [3.8, 4) is 11.5 Å². The summed E-state index contributed by atoms with van der Waals surface area (Å²) in [6, 6.07) is 6.74. The van der Waals surface area contributed by atoms with Crippen LogP contribution >= 0.6 is 11.6 Å². The molecule has 2 rings (SSSR count). The van der Waals surface area contributed by atoms with Crippen LogP contribution in [0.5, 0.6) is 11.5 Å². The Balaban J connectivity index is 2.31. The molecular weight excluding hydrogens is 498 g/mol. The molecule has 10 nitrogen and oxygen atoms in total. The van der Waals surface area contributed by atoms with E-state index in [0.717, 1.165) is 0 Å². The summed E-state index contributed by atoms with van der Waals surface area (Å²) in [6.07, 6.45) is 0. The van der Waals surface area contributed by atoms with E-state index >= 15 is 0 Å². The third-order valence-electron chi connectivity index (χ3n) is 4.51. The number of amides is 2. The Morgan fingerprint density at radius 2 is 1.65 bits per heavy atom. The smallest absolute Gasteiger partial charge is 0.258 e. The van der Waals surface area contributed by atoms with Crippen LogP contribution in [0.15, 0.2) is 41.3 Å². The summed E-state index contributed by atoms with van der Waals surface area (Å²) in [5.74, 6) is -4.75. The summed E-state index contributed by atoms with van der Waals surface area (Å²) in [4.78, 5) is 23.8. The van der Waals surface area contributed by atoms with Crippen LogP contribution in [0, 0.1) is 11.6 Å². The van der Waals surface area contributed by atoms with Gasteiger partial charge in [-0.25, -0.2) is 22.7 Å². The van der Waals surface area contributed by atoms with Gasteiger partial charge in [0.25, 0.3) is 5.91 Å². The molecule has 2 amide bonds. The number of nitrogens with one attached hydrogen (secondary N) is 2. The zero-order valence-corrected chi connectivity index (χ0v) is 19.8. The van der Waals surface area contributed by atoms with Crippen LogP contribution < -0.4 is 15.5 Å². The Morgan fingerprint density at radius 3 is 2.18 bits per heavy atom. The first-order chi connectivity index (χ1) is 16.0. The molecular formula is C20H23ClF2N4O6S. The molecule has 0 atom stereocenters. The van der Waals surface area contributed by atoms with E-state index in [9.17, 15) is 26.8 Å². The lowest BCUT2D eigenvalue weighted by molar-refractivity contribution is -0.129. The first-order valence-corrected chi connectivity index (χ1v) is 11.5. The Hall–Kier alpha value is -2.84. The van der Waals surface area contributed by atoms with Gasteiger partial charge in [0.2, 0.25) is 15.9 Å². The molecule has 2 aromatic rings. The monoisotopic (exact) mass is 520 g/mol. The second kappa shape index (κ2) is 12.0. The number of carbonyl (C=O) groups is 2. The number of nitrogens with zero attached hydrogens (tertiary/aromatic N) is 2. The standard InChI is InChI=1S/C20H23ClF2N4O6S/c1-24-18(28)11-26(2)7-8-27(12-19(29)25-30)34(31,32)15-9-16(22)20(17(23)10-15)33-14-5-3-13(21)4-6-14/h3-6,9-10,30H,7-8,11-12H2,1-2H3,(H,24,28)(H,25,29). The largest absolute Gasteiger partial charge is 0.451 e. The molecule has 34 heavy (non-hydrogen) atoms. The molecule has 0 saturated heterocycles. The van der Waals surface area contributed by atoms with Crippen LogP contribution in [-0.4, -0.2) is 74.9 Å². The third-order valence-corrected chi connectivity index (χ3v) is 6.59. The van der Waals surface area contributed by atoms with Crippen molar-refractivity contribution < 1.29 is 36.7 Å². The van der Waals surface area contributed by atoms with E-state index in [4.69, 9.17) is 21.5 Å². The molecule has 0 fully saturated rings. The second-order valence-corrected chi connectivity index (χ2v) is 9.43. The minimum Gasteiger partial charge on any atom is -0.451 e. The average molecular weight is 521 g/mol. The van der Waals surface area contributed by atoms with Gasteiger partial charge in [0.15, 0.2) is 17.4 Å². The van der Waals surface area contributed by atoms with E-state index in [1.54, 1.807) is 0 Å². The van der Waals surface area contributed by atoms with Gasteiger partial charge in [0, 0.05) is 25.2 Å². The first kappa shape index (κ1) is 27.4. The predicted octanol–water partition coefficient (Wildman–Crippen LogP) is 1.58. The van der Waals surface area contributed by atoms with Crippen molar-refractivity contribution in [2.75, 3.05) is 40.3 Å². The number of hydrogen-bond acceptors (Lipinski definition) is 7. The molecule has 0 spiro atoms. The molecule has 14 heteroatoms. The van der Waals surface area contributed by atoms with Crippen molar-refractivity contribution in [2.24, 2.45) is 0 Å². The highest BCUT2D eigenvalue weighted by Gasteiger charge is 2.29. The zero-order chi connectivity index (χ0) is 25.5. The zero-order valence-electron chi connectivity index (χ0n) is 18.2. The van der Waals surface area contributed by atoms with Gasteiger partial charge in [-0.3, -0.25) is 19.7 Å². The van der Waals surface area contributed by atoms with Crippen LogP contribution in [0.3, 0.4) is 0 Å². The summed E-state index contributed by atoms with van der Waals surface area (Å²) in [7, 11) is -1.63. The number of rotatable bonds is 11. The van der Waals surface area contributed by atoms with E-state index in [0.29, 0.717) is 21.5 Å². The fourth-order valence-corrected chi connectivity index (χ4v) is 4.26. The number of likely N-dealkylation sites (N-methyl/N-ethyl adjacent to an activating group) is 2. The van der Waals surface area contributed by atoms with Crippen molar-refractivity contribution in [1.29, 1.82) is 0 Å². The Bertz CT molecular complexity index is 1110. The number of carbonyl (C=O) groups excluding carboxylic acids is 2. The topological polar surface area (TPSA) is 128 Å². The number of sulfonamides is 1. The molecule has 186 valence electrons. The maximum atomic E-state index is 14.6. The third kappa shape index (κ3) is 7.33. The maximum Gasteiger partial charge on any atom is 0.258 e. The fourth-order valence-electron chi connectivity index (χ4n) is 2.72. The molecule has 2 aromatic carbocycles. The molecule has 3 N–H and O–H groups in total. The number of hydroxylamine groups is 1. The lowest BCUT2D eigenvalue weighted by Crippen LogP contribution is -2.44. The molecule has 0 saturated carbocycles. The van der Waals surface area contributed by atoms with Crippen LogP contribution in [0.1, 0.15) is 0 Å². The van der Waals surface area contributed by atoms with Gasteiger partial charge in [0.1, 0.15) is 5.75 Å². The Morgan fingerprint density at radius 1 is 1.06 bits per heavy atom. The van der Waals surface area contributed by atoms with Gasteiger partial charge in [-0.2, -0.15) is 4.31 Å². The minimum atomic E-state index is -4.59. The van der Waals surface area contributed by atoms with Crippen molar-refractivity contribution in [2.45, 2.75) is 4.90 Å². The minimum absolute atomic E-state index is 0.00587. The molecule has 0 aliphatic carbocycles. The summed E-state index contributed by atoms with van der Waals surface area (Å²) >= 11 is 5.76. The van der Waals surface area contributed by atoms with Gasteiger partial charge < -0.3 is 10.1 Å². The van der Waals surface area contributed by atoms with Gasteiger partial charge in [-0.05, 0) is 43.4 Å². The van der Waals surface area contributed by atoms with Crippen LogP contribution in [0.2, 0.25) is 5.02 Å². The molecule has 0 aromatic heterocycles. The van der Waals surface area contributed by atoms with Crippen LogP contribution in [0.4, 0.5) is 8.78 Å². The lowest BCUT2D eigenvalue weighted by Gasteiger charge is -2.24. The highest BCUT2D eigenvalue weighted by molar-refractivity contribution is 7.89. The number of benzene rings is 2. The number of hydrogen-bond donors (Lipinski definition) is 3. The molecule has 0 aliphatic heterocycles. The molecule has 0 heterocycles. The van der Waals surface area contributed by atoms with Crippen molar-refractivity contribution in [3.05, 3.63) is 53.1 Å². The Kier molecular flexibility index (Phi) is 9.70. The predicted molar refractivity (Wildman–Crippen MR) is 118 cm³/mol. The van der Waals surface area contributed by atoms with E-state index < -0.39 is 44.8 Å². The van der Waals surface area contributed by atoms with E-state index in [1.165, 1.54) is 48.7 Å². The van der Waals surface area contributed by atoms with Gasteiger partial charge >= 0.3 is 0 Å². The highest BCUT2D eigenvalue weighted by Crippen LogP contribution is 2.31. The number of ether oxygens (including phenoxy) is 1. The van der Waals surface area contributed by atoms with Crippen molar-refractivity contribution >= 4 is 33.4 Å². The van der Waals surface area contributed by atoms with Crippen LogP contribution in [-0.2, 0) is 19.6 Å². The summed E-state index contributed by atoms with van der Waals surface area (Å²) in [5.41, 5.74) is 1.31. The van der Waals surface area contributed by atoms with Gasteiger partial charge in [-0.15, -0.1) is 0 Å². The van der Waals surface area contributed by atoms with Crippen LogP contribution in [0.25, 0.3) is 0 Å². The normalized spacial score (nSPS) is 11.5. The first-order valence-electron chi connectivity index (χ1n) is 9.72. The summed E-state index contributed by atoms with van der Waals surface area (Å²) in [5, 5.41) is 11.6. The van der Waals surface area contributed by atoms with Crippen molar-refractivity contribution in [3.63, 3.8) is 0 Å². The highest BCUT2D eigenvalue weighted by atomic mass is 35.5. The molecule has 0 unspecified atom stereocenters.